The molecule has 0 amide bonds. The standard InChI is InChI=1S/C15H20FNO/c1-2-5-13-6-3-4-9-17(13)15-8-7-12(11-18)10-14(15)16/h7-8,10-11,13H,2-6,9H2,1H3. The van der Waals surface area contributed by atoms with Crippen molar-refractivity contribution in [3.05, 3.63) is 29.6 Å². The highest BCUT2D eigenvalue weighted by Gasteiger charge is 2.23. The van der Waals surface area contributed by atoms with Gasteiger partial charge >= 0.3 is 0 Å². The van der Waals surface area contributed by atoms with Crippen molar-refractivity contribution in [2.45, 2.75) is 45.1 Å². The van der Waals surface area contributed by atoms with E-state index in [2.05, 4.69) is 11.8 Å². The topological polar surface area (TPSA) is 20.3 Å². The molecule has 0 aliphatic carbocycles. The number of nitrogens with zero attached hydrogens (tertiary/aromatic N) is 1. The summed E-state index contributed by atoms with van der Waals surface area (Å²) in [6, 6.07) is 5.22. The predicted molar refractivity (Wildman–Crippen MR) is 71.7 cm³/mol. The largest absolute Gasteiger partial charge is 0.366 e. The molecule has 1 aliphatic heterocycles. The number of hydrogen-bond acceptors (Lipinski definition) is 2. The van der Waals surface area contributed by atoms with Crippen molar-refractivity contribution in [1.29, 1.82) is 0 Å². The summed E-state index contributed by atoms with van der Waals surface area (Å²) in [7, 11) is 0. The van der Waals surface area contributed by atoms with Crippen LogP contribution in [0.4, 0.5) is 10.1 Å². The minimum atomic E-state index is -0.275. The molecule has 3 heteroatoms. The molecule has 1 unspecified atom stereocenters. The van der Waals surface area contributed by atoms with E-state index >= 15 is 0 Å². The summed E-state index contributed by atoms with van der Waals surface area (Å²) in [5.41, 5.74) is 1.05. The van der Waals surface area contributed by atoms with Gasteiger partial charge in [-0.25, -0.2) is 4.39 Å². The fourth-order valence-electron chi connectivity index (χ4n) is 2.78. The van der Waals surface area contributed by atoms with Crippen molar-refractivity contribution < 1.29 is 9.18 Å². The number of piperidine rings is 1. The zero-order chi connectivity index (χ0) is 13.0. The van der Waals surface area contributed by atoms with Crippen LogP contribution in [0.5, 0.6) is 0 Å². The highest BCUT2D eigenvalue weighted by atomic mass is 19.1. The lowest BCUT2D eigenvalue weighted by molar-refractivity contribution is 0.112. The lowest BCUT2D eigenvalue weighted by Gasteiger charge is -2.37. The van der Waals surface area contributed by atoms with Crippen LogP contribution < -0.4 is 4.90 Å². The molecule has 1 atom stereocenters. The Morgan fingerprint density at radius 2 is 2.28 bits per heavy atom. The molecule has 1 aromatic carbocycles. The summed E-state index contributed by atoms with van der Waals surface area (Å²) in [5.74, 6) is -0.275. The Morgan fingerprint density at radius 3 is 2.94 bits per heavy atom. The quantitative estimate of drug-likeness (QED) is 0.756. The minimum Gasteiger partial charge on any atom is -0.366 e. The summed E-state index contributed by atoms with van der Waals surface area (Å²) in [5, 5.41) is 0. The third kappa shape index (κ3) is 2.71. The Hall–Kier alpha value is -1.38. The first kappa shape index (κ1) is 13.1. The Kier molecular flexibility index (Phi) is 4.34. The number of aldehydes is 1. The highest BCUT2D eigenvalue weighted by Crippen LogP contribution is 2.29. The fraction of sp³-hybridized carbons (Fsp3) is 0.533. The first-order valence-corrected chi connectivity index (χ1v) is 6.77. The molecule has 0 bridgehead atoms. The molecular formula is C15H20FNO. The van der Waals surface area contributed by atoms with Crippen LogP contribution in [0.1, 0.15) is 49.4 Å². The van der Waals surface area contributed by atoms with Gasteiger partial charge < -0.3 is 4.90 Å². The molecule has 0 saturated carbocycles. The van der Waals surface area contributed by atoms with Gasteiger partial charge in [-0.2, -0.15) is 0 Å². The summed E-state index contributed by atoms with van der Waals surface area (Å²) in [6.45, 7) is 3.08. The Morgan fingerprint density at radius 1 is 1.44 bits per heavy atom. The van der Waals surface area contributed by atoms with Crippen molar-refractivity contribution in [3.63, 3.8) is 0 Å². The van der Waals surface area contributed by atoms with E-state index in [1.165, 1.54) is 12.5 Å². The van der Waals surface area contributed by atoms with Gasteiger partial charge in [0.2, 0.25) is 0 Å². The molecule has 98 valence electrons. The Balaban J connectivity index is 2.24. The van der Waals surface area contributed by atoms with Crippen LogP contribution in [0.2, 0.25) is 0 Å². The van der Waals surface area contributed by atoms with Crippen LogP contribution in [0, 0.1) is 5.82 Å². The summed E-state index contributed by atoms with van der Waals surface area (Å²) >= 11 is 0. The highest BCUT2D eigenvalue weighted by molar-refractivity contribution is 5.76. The van der Waals surface area contributed by atoms with Crippen molar-refractivity contribution in [1.82, 2.24) is 0 Å². The summed E-state index contributed by atoms with van der Waals surface area (Å²) in [6.07, 6.45) is 6.41. The van der Waals surface area contributed by atoms with Gasteiger partial charge in [-0.15, -0.1) is 0 Å². The van der Waals surface area contributed by atoms with E-state index in [1.54, 1.807) is 12.1 Å². The van der Waals surface area contributed by atoms with Gasteiger partial charge in [-0.1, -0.05) is 13.3 Å². The van der Waals surface area contributed by atoms with Gasteiger partial charge in [0.1, 0.15) is 12.1 Å². The molecule has 1 aliphatic rings. The van der Waals surface area contributed by atoms with Crippen LogP contribution in [-0.4, -0.2) is 18.9 Å². The second-order valence-electron chi connectivity index (χ2n) is 4.96. The lowest BCUT2D eigenvalue weighted by atomic mass is 9.97. The number of halogens is 1. The first-order valence-electron chi connectivity index (χ1n) is 6.77. The Labute approximate surface area is 108 Å². The number of carbonyl (C=O) groups excluding carboxylic acids is 1. The molecule has 2 rings (SSSR count). The molecule has 1 fully saturated rings. The zero-order valence-corrected chi connectivity index (χ0v) is 10.9. The maximum absolute atomic E-state index is 14.0. The van der Waals surface area contributed by atoms with Crippen molar-refractivity contribution >= 4 is 12.0 Å². The number of benzene rings is 1. The van der Waals surface area contributed by atoms with E-state index < -0.39 is 0 Å². The summed E-state index contributed by atoms with van der Waals surface area (Å²) in [4.78, 5) is 12.8. The molecule has 0 N–H and O–H groups in total. The molecule has 18 heavy (non-hydrogen) atoms. The van der Waals surface area contributed by atoms with Gasteiger partial charge in [0.05, 0.1) is 5.69 Å². The van der Waals surface area contributed by atoms with E-state index in [9.17, 15) is 9.18 Å². The van der Waals surface area contributed by atoms with Crippen LogP contribution >= 0.6 is 0 Å². The van der Waals surface area contributed by atoms with Crippen LogP contribution in [-0.2, 0) is 0 Å². The smallest absolute Gasteiger partial charge is 0.150 e. The maximum Gasteiger partial charge on any atom is 0.150 e. The molecule has 2 nitrogen and oxygen atoms in total. The van der Waals surface area contributed by atoms with E-state index in [0.717, 1.165) is 32.2 Å². The normalized spacial score (nSPS) is 19.9. The third-order valence-electron chi connectivity index (χ3n) is 3.67. The second-order valence-corrected chi connectivity index (χ2v) is 4.96. The molecule has 1 aromatic rings. The minimum absolute atomic E-state index is 0.275. The van der Waals surface area contributed by atoms with Gasteiger partial charge in [0.25, 0.3) is 0 Å². The lowest BCUT2D eigenvalue weighted by Crippen LogP contribution is -2.40. The van der Waals surface area contributed by atoms with Crippen molar-refractivity contribution in [3.8, 4) is 0 Å². The predicted octanol–water partition coefficient (Wildman–Crippen LogP) is 3.80. The third-order valence-corrected chi connectivity index (χ3v) is 3.67. The Bertz CT molecular complexity index is 417. The fourth-order valence-corrected chi connectivity index (χ4v) is 2.78. The van der Waals surface area contributed by atoms with Crippen LogP contribution in [0.25, 0.3) is 0 Å². The number of hydrogen-bond donors (Lipinski definition) is 0. The molecular weight excluding hydrogens is 229 g/mol. The van der Waals surface area contributed by atoms with E-state index in [4.69, 9.17) is 0 Å². The number of carbonyl (C=O) groups is 1. The average Bonchev–Trinajstić information content (AvgIpc) is 2.40. The van der Waals surface area contributed by atoms with Gasteiger partial charge in [-0.3, -0.25) is 4.79 Å². The number of anilines is 1. The first-order chi connectivity index (χ1) is 8.76. The van der Waals surface area contributed by atoms with Gasteiger partial charge in [0.15, 0.2) is 0 Å². The molecule has 1 saturated heterocycles. The van der Waals surface area contributed by atoms with Crippen molar-refractivity contribution in [2.75, 3.05) is 11.4 Å². The van der Waals surface area contributed by atoms with E-state index in [0.29, 0.717) is 23.6 Å². The zero-order valence-electron chi connectivity index (χ0n) is 10.9. The molecule has 0 radical (unpaired) electrons. The maximum atomic E-state index is 14.0. The van der Waals surface area contributed by atoms with Crippen LogP contribution in [0.15, 0.2) is 18.2 Å². The molecule has 1 heterocycles. The van der Waals surface area contributed by atoms with E-state index in [-0.39, 0.29) is 5.82 Å². The van der Waals surface area contributed by atoms with Gasteiger partial charge in [0, 0.05) is 18.2 Å². The number of rotatable bonds is 4. The molecule has 0 aromatic heterocycles. The average molecular weight is 249 g/mol. The summed E-state index contributed by atoms with van der Waals surface area (Å²) < 4.78 is 14.0. The van der Waals surface area contributed by atoms with Crippen molar-refractivity contribution in [2.24, 2.45) is 0 Å². The van der Waals surface area contributed by atoms with Crippen LogP contribution in [0.3, 0.4) is 0 Å². The molecule has 0 spiro atoms. The SMILES string of the molecule is CCCC1CCCCN1c1ccc(C=O)cc1F. The second kappa shape index (κ2) is 5.98. The van der Waals surface area contributed by atoms with Gasteiger partial charge in [-0.05, 0) is 43.9 Å². The van der Waals surface area contributed by atoms with E-state index in [1.807, 2.05) is 0 Å². The monoisotopic (exact) mass is 249 g/mol.